The third-order valence-corrected chi connectivity index (χ3v) is 4.22. The molecule has 0 aliphatic carbocycles. The molecule has 102 valence electrons. The number of ether oxygens (including phenoxy) is 1. The van der Waals surface area contributed by atoms with Gasteiger partial charge in [-0.15, -0.1) is 0 Å². The van der Waals surface area contributed by atoms with Crippen LogP contribution in [0.15, 0.2) is 63.9 Å². The fraction of sp³-hybridized carbons (Fsp3) is 0.176. The molecular formula is C17H17NOS. The zero-order valence-corrected chi connectivity index (χ0v) is 12.5. The summed E-state index contributed by atoms with van der Waals surface area (Å²) >= 11 is 1.79. The van der Waals surface area contributed by atoms with Crippen molar-refractivity contribution in [2.24, 2.45) is 0 Å². The van der Waals surface area contributed by atoms with Crippen LogP contribution in [-0.2, 0) is 0 Å². The van der Waals surface area contributed by atoms with E-state index in [-0.39, 0.29) is 0 Å². The molecule has 0 saturated heterocycles. The summed E-state index contributed by atoms with van der Waals surface area (Å²) in [6.07, 6.45) is 2.08. The largest absolute Gasteiger partial charge is 0.489 e. The molecule has 0 bridgehead atoms. The second kappa shape index (κ2) is 5.63. The van der Waals surface area contributed by atoms with Crippen LogP contribution >= 0.6 is 11.8 Å². The lowest BCUT2D eigenvalue weighted by molar-refractivity contribution is 0.362. The maximum atomic E-state index is 5.75. The topological polar surface area (TPSA) is 21.3 Å². The first kappa shape index (κ1) is 13.1. The maximum Gasteiger partial charge on any atom is 0.121 e. The number of para-hydroxylation sites is 1. The van der Waals surface area contributed by atoms with Crippen molar-refractivity contribution in [1.82, 2.24) is 0 Å². The van der Waals surface area contributed by atoms with Crippen molar-refractivity contribution in [1.29, 1.82) is 0 Å². The fourth-order valence-corrected chi connectivity index (χ4v) is 2.98. The highest BCUT2D eigenvalue weighted by Gasteiger charge is 2.15. The van der Waals surface area contributed by atoms with Crippen molar-refractivity contribution in [3.63, 3.8) is 0 Å². The van der Waals surface area contributed by atoms with E-state index < -0.39 is 0 Å². The number of rotatable bonds is 3. The summed E-state index contributed by atoms with van der Waals surface area (Å²) in [6, 6.07) is 14.6. The van der Waals surface area contributed by atoms with Gasteiger partial charge in [0, 0.05) is 15.9 Å². The normalized spacial score (nSPS) is 11.9. The Labute approximate surface area is 123 Å². The van der Waals surface area contributed by atoms with Gasteiger partial charge < -0.3 is 10.1 Å². The third-order valence-electron chi connectivity index (χ3n) is 3.07. The van der Waals surface area contributed by atoms with Crippen LogP contribution in [0.1, 0.15) is 13.8 Å². The molecule has 0 atom stereocenters. The standard InChI is InChI=1S/C17H17NOS/c1-12(2)9-10-19-13-7-8-17-15(11-13)18-14-5-3-4-6-16(14)20-17/h3-9,11,18H,10H2,1-2H3. The van der Waals surface area contributed by atoms with Gasteiger partial charge in [-0.25, -0.2) is 0 Å². The quantitative estimate of drug-likeness (QED) is 0.664. The van der Waals surface area contributed by atoms with Gasteiger partial charge in [0.1, 0.15) is 12.4 Å². The summed E-state index contributed by atoms with van der Waals surface area (Å²) in [6.45, 7) is 4.77. The van der Waals surface area contributed by atoms with Gasteiger partial charge >= 0.3 is 0 Å². The molecule has 1 aliphatic rings. The Morgan fingerprint density at radius 2 is 1.90 bits per heavy atom. The van der Waals surface area contributed by atoms with Crippen LogP contribution < -0.4 is 10.1 Å². The molecule has 2 aromatic carbocycles. The Kier molecular flexibility index (Phi) is 3.70. The van der Waals surface area contributed by atoms with Gasteiger partial charge in [-0.2, -0.15) is 0 Å². The number of fused-ring (bicyclic) bond motifs is 2. The molecule has 3 heteroatoms. The summed E-state index contributed by atoms with van der Waals surface area (Å²) in [5.41, 5.74) is 3.54. The molecule has 0 fully saturated rings. The average molecular weight is 283 g/mol. The monoisotopic (exact) mass is 283 g/mol. The first-order chi connectivity index (χ1) is 9.72. The van der Waals surface area contributed by atoms with Gasteiger partial charge in [0.25, 0.3) is 0 Å². The minimum Gasteiger partial charge on any atom is -0.489 e. The second-order valence-electron chi connectivity index (χ2n) is 4.97. The highest BCUT2D eigenvalue weighted by atomic mass is 32.2. The summed E-state index contributed by atoms with van der Waals surface area (Å²) in [5, 5.41) is 3.46. The van der Waals surface area contributed by atoms with Crippen LogP contribution in [0.5, 0.6) is 5.75 Å². The third kappa shape index (κ3) is 2.83. The van der Waals surface area contributed by atoms with Crippen LogP contribution in [0.25, 0.3) is 0 Å². The summed E-state index contributed by atoms with van der Waals surface area (Å²) in [4.78, 5) is 2.50. The average Bonchev–Trinajstić information content (AvgIpc) is 2.44. The van der Waals surface area contributed by atoms with E-state index in [0.717, 1.165) is 17.1 Å². The van der Waals surface area contributed by atoms with Gasteiger partial charge in [0.15, 0.2) is 0 Å². The van der Waals surface area contributed by atoms with E-state index in [4.69, 9.17) is 4.74 Å². The SMILES string of the molecule is CC(C)=CCOc1ccc2c(c1)Nc1ccccc1S2. The predicted octanol–water partition coefficient (Wildman–Crippen LogP) is 5.24. The van der Waals surface area contributed by atoms with Crippen LogP contribution in [0.3, 0.4) is 0 Å². The molecule has 0 amide bonds. The lowest BCUT2D eigenvalue weighted by atomic mass is 10.2. The molecule has 0 unspecified atom stereocenters. The zero-order valence-electron chi connectivity index (χ0n) is 11.6. The molecule has 1 heterocycles. The highest BCUT2D eigenvalue weighted by Crippen LogP contribution is 2.44. The maximum absolute atomic E-state index is 5.75. The Balaban J connectivity index is 1.79. The van der Waals surface area contributed by atoms with Gasteiger partial charge in [-0.05, 0) is 44.2 Å². The number of hydrogen-bond acceptors (Lipinski definition) is 3. The molecule has 0 saturated carbocycles. The Morgan fingerprint density at radius 3 is 2.75 bits per heavy atom. The zero-order chi connectivity index (χ0) is 13.9. The fourth-order valence-electron chi connectivity index (χ4n) is 2.01. The van der Waals surface area contributed by atoms with Crippen molar-refractivity contribution < 1.29 is 4.74 Å². The van der Waals surface area contributed by atoms with Crippen LogP contribution in [0.2, 0.25) is 0 Å². The highest BCUT2D eigenvalue weighted by molar-refractivity contribution is 7.99. The van der Waals surface area contributed by atoms with E-state index in [1.54, 1.807) is 11.8 Å². The second-order valence-corrected chi connectivity index (χ2v) is 6.06. The van der Waals surface area contributed by atoms with E-state index in [1.807, 2.05) is 12.1 Å². The van der Waals surface area contributed by atoms with E-state index >= 15 is 0 Å². The van der Waals surface area contributed by atoms with Gasteiger partial charge in [-0.3, -0.25) is 0 Å². The number of anilines is 2. The minimum atomic E-state index is 0.616. The molecule has 0 radical (unpaired) electrons. The summed E-state index contributed by atoms with van der Waals surface area (Å²) in [5.74, 6) is 0.897. The van der Waals surface area contributed by atoms with Crippen molar-refractivity contribution in [3.8, 4) is 5.75 Å². The van der Waals surface area contributed by atoms with E-state index in [2.05, 4.69) is 55.6 Å². The molecule has 1 N–H and O–H groups in total. The van der Waals surface area contributed by atoms with Crippen molar-refractivity contribution in [3.05, 3.63) is 54.1 Å². The Morgan fingerprint density at radius 1 is 1.10 bits per heavy atom. The van der Waals surface area contributed by atoms with Gasteiger partial charge in [0.2, 0.25) is 0 Å². The van der Waals surface area contributed by atoms with E-state index in [1.165, 1.54) is 15.4 Å². The number of benzene rings is 2. The molecule has 2 nitrogen and oxygen atoms in total. The van der Waals surface area contributed by atoms with Crippen molar-refractivity contribution in [2.75, 3.05) is 11.9 Å². The first-order valence-electron chi connectivity index (χ1n) is 6.66. The van der Waals surface area contributed by atoms with Crippen molar-refractivity contribution >= 4 is 23.1 Å². The smallest absolute Gasteiger partial charge is 0.121 e. The number of allylic oxidation sites excluding steroid dienone is 1. The van der Waals surface area contributed by atoms with Crippen LogP contribution in [-0.4, -0.2) is 6.61 Å². The van der Waals surface area contributed by atoms with Gasteiger partial charge in [0.05, 0.1) is 11.4 Å². The first-order valence-corrected chi connectivity index (χ1v) is 7.48. The number of nitrogens with one attached hydrogen (secondary N) is 1. The Hall–Kier alpha value is -1.87. The number of hydrogen-bond donors (Lipinski definition) is 1. The van der Waals surface area contributed by atoms with Crippen LogP contribution in [0, 0.1) is 0 Å². The molecular weight excluding hydrogens is 266 g/mol. The minimum absolute atomic E-state index is 0.616. The molecule has 1 aliphatic heterocycles. The molecule has 3 rings (SSSR count). The molecule has 20 heavy (non-hydrogen) atoms. The van der Waals surface area contributed by atoms with Crippen LogP contribution in [0.4, 0.5) is 11.4 Å². The van der Waals surface area contributed by atoms with E-state index in [9.17, 15) is 0 Å². The summed E-state index contributed by atoms with van der Waals surface area (Å²) in [7, 11) is 0. The van der Waals surface area contributed by atoms with Crippen molar-refractivity contribution in [2.45, 2.75) is 23.6 Å². The Bertz CT molecular complexity index is 660. The lowest BCUT2D eigenvalue weighted by Crippen LogP contribution is -2.01. The molecule has 0 aromatic heterocycles. The van der Waals surface area contributed by atoms with E-state index in [0.29, 0.717) is 6.61 Å². The molecule has 0 spiro atoms. The molecule has 2 aromatic rings. The summed E-state index contributed by atoms with van der Waals surface area (Å²) < 4.78 is 5.75. The lowest BCUT2D eigenvalue weighted by Gasteiger charge is -2.21. The van der Waals surface area contributed by atoms with Gasteiger partial charge in [-0.1, -0.05) is 29.5 Å². The predicted molar refractivity (Wildman–Crippen MR) is 85.2 cm³/mol.